The van der Waals surface area contributed by atoms with E-state index in [0.717, 1.165) is 5.56 Å². The fourth-order valence-corrected chi connectivity index (χ4v) is 4.41. The molecule has 0 radical (unpaired) electrons. The second-order valence-electron chi connectivity index (χ2n) is 7.19. The Morgan fingerprint density at radius 3 is 2.72 bits per heavy atom. The molecule has 29 heavy (non-hydrogen) atoms. The van der Waals surface area contributed by atoms with Gasteiger partial charge >= 0.3 is 0 Å². The maximum atomic E-state index is 13.6. The molecule has 1 heterocycles. The summed E-state index contributed by atoms with van der Waals surface area (Å²) in [5, 5.41) is -0.0524. The first kappa shape index (κ1) is 19.6. The van der Waals surface area contributed by atoms with Crippen LogP contribution in [-0.2, 0) is 9.59 Å². The summed E-state index contributed by atoms with van der Waals surface area (Å²) in [7, 11) is 0. The third-order valence-corrected chi connectivity index (χ3v) is 5.72. The molecule has 2 aliphatic rings. The van der Waals surface area contributed by atoms with Crippen molar-refractivity contribution >= 4 is 29.0 Å². The zero-order valence-electron chi connectivity index (χ0n) is 16.1. The molecule has 1 aliphatic heterocycles. The Hall–Kier alpha value is -2.66. The number of hydrogen-bond acceptors (Lipinski definition) is 3. The zero-order valence-corrected chi connectivity index (χ0v) is 16.8. The third-order valence-electron chi connectivity index (χ3n) is 5.43. The average molecular weight is 414 g/mol. The minimum absolute atomic E-state index is 0.0493. The summed E-state index contributed by atoms with van der Waals surface area (Å²) in [5.41, 5.74) is 2.68. The van der Waals surface area contributed by atoms with Crippen LogP contribution >= 0.6 is 11.6 Å². The topological polar surface area (TPSA) is 46.6 Å². The predicted molar refractivity (Wildman–Crippen MR) is 110 cm³/mol. The molecule has 6 heteroatoms. The second kappa shape index (κ2) is 7.99. The highest BCUT2D eigenvalue weighted by atomic mass is 35.5. The Bertz CT molecular complexity index is 1020. The van der Waals surface area contributed by atoms with Crippen LogP contribution in [0.5, 0.6) is 5.75 Å². The fourth-order valence-electron chi connectivity index (χ4n) is 4.24. The quantitative estimate of drug-likeness (QED) is 0.673. The summed E-state index contributed by atoms with van der Waals surface area (Å²) in [5.74, 6) is -0.292. The van der Waals surface area contributed by atoms with Crippen molar-refractivity contribution in [3.8, 4) is 5.75 Å². The lowest BCUT2D eigenvalue weighted by Gasteiger charge is -2.38. The van der Waals surface area contributed by atoms with Gasteiger partial charge in [-0.2, -0.15) is 0 Å². The first-order chi connectivity index (χ1) is 14.0. The molecule has 0 bridgehead atoms. The Morgan fingerprint density at radius 2 is 1.97 bits per heavy atom. The molecule has 0 fully saturated rings. The van der Waals surface area contributed by atoms with Crippen molar-refractivity contribution in [1.82, 2.24) is 0 Å². The Kier molecular flexibility index (Phi) is 5.41. The van der Waals surface area contributed by atoms with Gasteiger partial charge in [-0.25, -0.2) is 4.39 Å². The molecule has 0 saturated carbocycles. The van der Waals surface area contributed by atoms with Crippen molar-refractivity contribution in [1.29, 1.82) is 0 Å². The number of allylic oxidation sites excluding steroid dienone is 2. The summed E-state index contributed by atoms with van der Waals surface area (Å²) in [6.45, 7) is 2.40. The number of anilines is 1. The lowest BCUT2D eigenvalue weighted by Crippen LogP contribution is -2.40. The summed E-state index contributed by atoms with van der Waals surface area (Å²) < 4.78 is 19.4. The maximum absolute atomic E-state index is 13.6. The van der Waals surface area contributed by atoms with Gasteiger partial charge in [0, 0.05) is 35.6 Å². The summed E-state index contributed by atoms with van der Waals surface area (Å²) in [6.07, 6.45) is 1.88. The normalized spacial score (nSPS) is 19.4. The van der Waals surface area contributed by atoms with E-state index in [1.807, 2.05) is 31.2 Å². The number of benzene rings is 2. The number of amides is 1. The van der Waals surface area contributed by atoms with E-state index in [1.165, 1.54) is 23.1 Å². The molecule has 1 aliphatic carbocycles. The van der Waals surface area contributed by atoms with Crippen molar-refractivity contribution in [2.75, 3.05) is 11.5 Å². The maximum Gasteiger partial charge on any atom is 0.232 e. The summed E-state index contributed by atoms with van der Waals surface area (Å²) in [6, 6.07) is 11.8. The molecular formula is C23H21ClFNO3. The van der Waals surface area contributed by atoms with Gasteiger partial charge in [0.25, 0.3) is 0 Å². The van der Waals surface area contributed by atoms with Crippen molar-refractivity contribution in [2.24, 2.45) is 0 Å². The molecule has 2 aromatic carbocycles. The third kappa shape index (κ3) is 3.55. The number of rotatable bonds is 4. The standard InChI is InChI=1S/C23H21ClFNO3/c1-2-29-21-9-4-3-6-15(21)16-13-22(28)26(14-10-11-18(25)17(24)12-14)19-7-5-8-20(27)23(16)19/h3-4,6,9-12,16H,2,5,7-8,13H2,1H3. The lowest BCUT2D eigenvalue weighted by atomic mass is 9.77. The highest BCUT2D eigenvalue weighted by molar-refractivity contribution is 6.31. The molecule has 1 amide bonds. The van der Waals surface area contributed by atoms with Crippen LogP contribution in [0.25, 0.3) is 0 Å². The number of halogens is 2. The Balaban J connectivity index is 1.86. The first-order valence-corrected chi connectivity index (χ1v) is 10.1. The molecule has 1 atom stereocenters. The minimum atomic E-state index is -0.544. The van der Waals surface area contributed by atoms with Gasteiger partial charge in [0.1, 0.15) is 11.6 Å². The molecular weight excluding hydrogens is 393 g/mol. The molecule has 1 unspecified atom stereocenters. The van der Waals surface area contributed by atoms with E-state index in [2.05, 4.69) is 0 Å². The monoisotopic (exact) mass is 413 g/mol. The Labute approximate surface area is 173 Å². The minimum Gasteiger partial charge on any atom is -0.494 e. The van der Waals surface area contributed by atoms with Gasteiger partial charge in [-0.3, -0.25) is 14.5 Å². The van der Waals surface area contributed by atoms with Crippen molar-refractivity contribution in [3.05, 3.63) is 70.1 Å². The molecule has 4 nitrogen and oxygen atoms in total. The number of ether oxygens (including phenoxy) is 1. The van der Waals surface area contributed by atoms with Crippen molar-refractivity contribution in [2.45, 2.75) is 38.5 Å². The second-order valence-corrected chi connectivity index (χ2v) is 7.60. The van der Waals surface area contributed by atoms with Crippen LogP contribution in [0.15, 0.2) is 53.7 Å². The van der Waals surface area contributed by atoms with Crippen molar-refractivity contribution < 1.29 is 18.7 Å². The zero-order chi connectivity index (χ0) is 20.5. The van der Waals surface area contributed by atoms with E-state index in [4.69, 9.17) is 16.3 Å². The van der Waals surface area contributed by atoms with Crippen LogP contribution in [0, 0.1) is 5.82 Å². The molecule has 0 N–H and O–H groups in total. The fraction of sp³-hybridized carbons (Fsp3) is 0.304. The highest BCUT2D eigenvalue weighted by Crippen LogP contribution is 2.45. The van der Waals surface area contributed by atoms with Crippen LogP contribution in [0.4, 0.5) is 10.1 Å². The van der Waals surface area contributed by atoms with Gasteiger partial charge in [-0.15, -0.1) is 0 Å². The largest absolute Gasteiger partial charge is 0.494 e. The van der Waals surface area contributed by atoms with E-state index in [-0.39, 0.29) is 29.1 Å². The van der Waals surface area contributed by atoms with Gasteiger partial charge in [0.05, 0.1) is 17.3 Å². The van der Waals surface area contributed by atoms with Gasteiger partial charge < -0.3 is 4.74 Å². The summed E-state index contributed by atoms with van der Waals surface area (Å²) in [4.78, 5) is 27.7. The number of para-hydroxylation sites is 1. The van der Waals surface area contributed by atoms with Crippen LogP contribution < -0.4 is 9.64 Å². The lowest BCUT2D eigenvalue weighted by molar-refractivity contribution is -0.119. The summed E-state index contributed by atoms with van der Waals surface area (Å²) >= 11 is 5.95. The highest BCUT2D eigenvalue weighted by Gasteiger charge is 2.40. The van der Waals surface area contributed by atoms with Crippen LogP contribution in [0.1, 0.15) is 44.1 Å². The molecule has 2 aromatic rings. The van der Waals surface area contributed by atoms with Crippen LogP contribution in [0.3, 0.4) is 0 Å². The Morgan fingerprint density at radius 1 is 1.17 bits per heavy atom. The first-order valence-electron chi connectivity index (χ1n) is 9.77. The number of carbonyl (C=O) groups is 2. The number of hydrogen-bond donors (Lipinski definition) is 0. The number of Topliss-reactive ketones (excluding diaryl/α,β-unsaturated/α-hetero) is 1. The number of ketones is 1. The van der Waals surface area contributed by atoms with E-state index >= 15 is 0 Å². The van der Waals surface area contributed by atoms with E-state index in [9.17, 15) is 14.0 Å². The SMILES string of the molecule is CCOc1ccccc1C1CC(=O)N(c2ccc(F)c(Cl)c2)C2=C1C(=O)CCC2. The smallest absolute Gasteiger partial charge is 0.232 e. The molecule has 0 spiro atoms. The molecule has 150 valence electrons. The average Bonchev–Trinajstić information content (AvgIpc) is 2.70. The number of nitrogens with zero attached hydrogens (tertiary/aromatic N) is 1. The molecule has 0 saturated heterocycles. The van der Waals surface area contributed by atoms with Crippen LogP contribution in [-0.4, -0.2) is 18.3 Å². The van der Waals surface area contributed by atoms with E-state index in [1.54, 1.807) is 0 Å². The van der Waals surface area contributed by atoms with Crippen LogP contribution in [0.2, 0.25) is 5.02 Å². The van der Waals surface area contributed by atoms with Gasteiger partial charge in [0.15, 0.2) is 5.78 Å². The van der Waals surface area contributed by atoms with Gasteiger partial charge in [0.2, 0.25) is 5.91 Å². The predicted octanol–water partition coefficient (Wildman–Crippen LogP) is 5.41. The van der Waals surface area contributed by atoms with E-state index < -0.39 is 5.82 Å². The van der Waals surface area contributed by atoms with Gasteiger partial charge in [-0.05, 0) is 44.0 Å². The molecule has 4 rings (SSSR count). The number of carbonyl (C=O) groups excluding carboxylic acids is 2. The van der Waals surface area contributed by atoms with Crippen molar-refractivity contribution in [3.63, 3.8) is 0 Å². The van der Waals surface area contributed by atoms with Gasteiger partial charge in [-0.1, -0.05) is 29.8 Å². The van der Waals surface area contributed by atoms with E-state index in [0.29, 0.717) is 48.6 Å². The molecule has 0 aromatic heterocycles.